The quantitative estimate of drug-likeness (QED) is 0.636. The number of benzene rings is 1. The lowest BCUT2D eigenvalue weighted by Crippen LogP contribution is -2.38. The number of rotatable bonds is 6. The zero-order chi connectivity index (χ0) is 18.4. The predicted octanol–water partition coefficient (Wildman–Crippen LogP) is 2.63. The molecule has 7 nitrogen and oxygen atoms in total. The van der Waals surface area contributed by atoms with Crippen LogP contribution in [0.15, 0.2) is 48.8 Å². The number of carbonyl (C=O) groups excluding carboxylic acids is 1. The van der Waals surface area contributed by atoms with Crippen molar-refractivity contribution in [3.8, 4) is 0 Å². The number of amides is 1. The van der Waals surface area contributed by atoms with Gasteiger partial charge in [0, 0.05) is 43.2 Å². The number of carbonyl (C=O) groups is 1. The highest BCUT2D eigenvalue weighted by molar-refractivity contribution is 5.94. The van der Waals surface area contributed by atoms with Gasteiger partial charge in [0.2, 0.25) is 0 Å². The number of pyridine rings is 1. The van der Waals surface area contributed by atoms with Crippen molar-refractivity contribution < 1.29 is 9.72 Å². The van der Waals surface area contributed by atoms with Crippen LogP contribution >= 0.6 is 0 Å². The van der Waals surface area contributed by atoms with E-state index in [-0.39, 0.29) is 11.6 Å². The predicted molar refractivity (Wildman–Crippen MR) is 97.7 cm³/mol. The summed E-state index contributed by atoms with van der Waals surface area (Å²) in [6, 6.07) is 9.77. The summed E-state index contributed by atoms with van der Waals surface area (Å²) >= 11 is 0. The van der Waals surface area contributed by atoms with E-state index < -0.39 is 4.92 Å². The highest BCUT2D eigenvalue weighted by Gasteiger charge is 2.20. The minimum absolute atomic E-state index is 0.0110. The number of nitrogens with one attached hydrogen (secondary N) is 1. The van der Waals surface area contributed by atoms with Crippen molar-refractivity contribution >= 4 is 11.6 Å². The summed E-state index contributed by atoms with van der Waals surface area (Å²) in [5.74, 6) is 0.282. The summed E-state index contributed by atoms with van der Waals surface area (Å²) < 4.78 is 0. The first kappa shape index (κ1) is 18.0. The van der Waals surface area contributed by atoms with Gasteiger partial charge in [0.15, 0.2) is 0 Å². The molecule has 1 aliphatic rings. The Balaban J connectivity index is 1.42. The third-order valence-electron chi connectivity index (χ3n) is 4.75. The summed E-state index contributed by atoms with van der Waals surface area (Å²) in [5, 5.41) is 13.6. The molecule has 0 radical (unpaired) electrons. The van der Waals surface area contributed by atoms with Crippen LogP contribution in [0.1, 0.15) is 28.8 Å². The average Bonchev–Trinajstić information content (AvgIpc) is 2.68. The maximum Gasteiger partial charge on any atom is 0.269 e. The van der Waals surface area contributed by atoms with Crippen molar-refractivity contribution in [1.29, 1.82) is 0 Å². The molecule has 2 aromatic rings. The summed E-state index contributed by atoms with van der Waals surface area (Å²) in [6.45, 7) is 3.60. The van der Waals surface area contributed by atoms with Crippen LogP contribution in [0.2, 0.25) is 0 Å². The van der Waals surface area contributed by atoms with Gasteiger partial charge < -0.3 is 5.32 Å². The number of nitro groups is 1. The van der Waals surface area contributed by atoms with Gasteiger partial charge in [-0.1, -0.05) is 0 Å². The number of hydrogen-bond acceptors (Lipinski definition) is 5. The van der Waals surface area contributed by atoms with Crippen molar-refractivity contribution in [2.45, 2.75) is 19.4 Å². The molecular formula is C19H22N4O3. The third kappa shape index (κ3) is 4.86. The Kier molecular flexibility index (Phi) is 5.91. The monoisotopic (exact) mass is 354 g/mol. The SMILES string of the molecule is O=C(NCC1CCN(Cc2ccncc2)CC1)c1ccc([N+](=O)[O-])cc1. The van der Waals surface area contributed by atoms with Crippen molar-refractivity contribution in [2.75, 3.05) is 19.6 Å². The van der Waals surface area contributed by atoms with Crippen LogP contribution in [0, 0.1) is 16.0 Å². The van der Waals surface area contributed by atoms with Gasteiger partial charge >= 0.3 is 0 Å². The first-order chi connectivity index (χ1) is 12.6. The molecule has 1 amide bonds. The molecule has 2 heterocycles. The molecule has 0 spiro atoms. The second-order valence-electron chi connectivity index (χ2n) is 6.59. The van der Waals surface area contributed by atoms with E-state index in [1.165, 1.54) is 29.8 Å². The van der Waals surface area contributed by atoms with Gasteiger partial charge in [-0.05, 0) is 61.7 Å². The number of nitro benzene ring substituents is 1. The second kappa shape index (κ2) is 8.53. The van der Waals surface area contributed by atoms with Crippen molar-refractivity contribution in [2.24, 2.45) is 5.92 Å². The van der Waals surface area contributed by atoms with Gasteiger partial charge in [-0.3, -0.25) is 24.8 Å². The highest BCUT2D eigenvalue weighted by Crippen LogP contribution is 2.18. The molecule has 1 aromatic heterocycles. The van der Waals surface area contributed by atoms with Gasteiger partial charge in [-0.2, -0.15) is 0 Å². The number of hydrogen-bond donors (Lipinski definition) is 1. The molecule has 0 unspecified atom stereocenters. The van der Waals surface area contributed by atoms with Crippen molar-refractivity contribution in [1.82, 2.24) is 15.2 Å². The van der Waals surface area contributed by atoms with E-state index in [2.05, 4.69) is 15.2 Å². The number of piperidine rings is 1. The zero-order valence-corrected chi connectivity index (χ0v) is 14.5. The van der Waals surface area contributed by atoms with Crippen LogP contribution in [-0.2, 0) is 6.54 Å². The maximum atomic E-state index is 12.2. The van der Waals surface area contributed by atoms with Crippen molar-refractivity contribution in [3.63, 3.8) is 0 Å². The van der Waals surface area contributed by atoms with Crippen LogP contribution in [-0.4, -0.2) is 40.3 Å². The maximum absolute atomic E-state index is 12.2. The molecule has 3 rings (SSSR count). The molecule has 0 bridgehead atoms. The number of likely N-dealkylation sites (tertiary alicyclic amines) is 1. The molecule has 0 atom stereocenters. The normalized spacial score (nSPS) is 15.5. The molecule has 0 saturated carbocycles. The lowest BCUT2D eigenvalue weighted by atomic mass is 9.96. The molecule has 1 aliphatic heterocycles. The average molecular weight is 354 g/mol. The Morgan fingerprint density at radius 1 is 1.15 bits per heavy atom. The third-order valence-corrected chi connectivity index (χ3v) is 4.75. The molecule has 26 heavy (non-hydrogen) atoms. The molecule has 1 fully saturated rings. The smallest absolute Gasteiger partial charge is 0.269 e. The van der Waals surface area contributed by atoms with E-state index in [0.717, 1.165) is 32.5 Å². The van der Waals surface area contributed by atoms with Gasteiger partial charge in [0.1, 0.15) is 0 Å². The summed E-state index contributed by atoms with van der Waals surface area (Å²) in [6.07, 6.45) is 5.73. The van der Waals surface area contributed by atoms with Crippen LogP contribution in [0.4, 0.5) is 5.69 Å². The minimum atomic E-state index is -0.471. The molecule has 7 heteroatoms. The first-order valence-corrected chi connectivity index (χ1v) is 8.76. The molecular weight excluding hydrogens is 332 g/mol. The van der Waals surface area contributed by atoms with Crippen LogP contribution in [0.5, 0.6) is 0 Å². The van der Waals surface area contributed by atoms with Crippen molar-refractivity contribution in [3.05, 3.63) is 70.0 Å². The minimum Gasteiger partial charge on any atom is -0.352 e. The summed E-state index contributed by atoms with van der Waals surface area (Å²) in [5.41, 5.74) is 1.71. The zero-order valence-electron chi connectivity index (χ0n) is 14.5. The topological polar surface area (TPSA) is 88.4 Å². The van der Waals surface area contributed by atoms with Crippen LogP contribution in [0.3, 0.4) is 0 Å². The number of nitrogens with zero attached hydrogens (tertiary/aromatic N) is 3. The Morgan fingerprint density at radius 2 is 1.81 bits per heavy atom. The van der Waals surface area contributed by atoms with E-state index in [1.807, 2.05) is 24.5 Å². The van der Waals surface area contributed by atoms with Gasteiger partial charge in [-0.25, -0.2) is 0 Å². The first-order valence-electron chi connectivity index (χ1n) is 8.76. The fourth-order valence-electron chi connectivity index (χ4n) is 3.17. The standard InChI is InChI=1S/C19H22N4O3/c24-19(17-1-3-18(4-2-17)23(25)26)21-13-15-7-11-22(12-8-15)14-16-5-9-20-10-6-16/h1-6,9-10,15H,7-8,11-14H2,(H,21,24). The van der Waals surface area contributed by atoms with Crippen LogP contribution < -0.4 is 5.32 Å². The molecule has 1 aromatic carbocycles. The van der Waals surface area contributed by atoms with Gasteiger partial charge in [0.05, 0.1) is 4.92 Å². The Labute approximate surface area is 152 Å². The Morgan fingerprint density at radius 3 is 2.42 bits per heavy atom. The highest BCUT2D eigenvalue weighted by atomic mass is 16.6. The summed E-state index contributed by atoms with van der Waals surface area (Å²) in [4.78, 5) is 28.8. The fourth-order valence-corrected chi connectivity index (χ4v) is 3.17. The van der Waals surface area contributed by atoms with Gasteiger partial charge in [-0.15, -0.1) is 0 Å². The molecule has 1 N–H and O–H groups in total. The molecule has 136 valence electrons. The number of non-ortho nitro benzene ring substituents is 1. The molecule has 1 saturated heterocycles. The Bertz CT molecular complexity index is 741. The largest absolute Gasteiger partial charge is 0.352 e. The van der Waals surface area contributed by atoms with E-state index in [0.29, 0.717) is 18.0 Å². The second-order valence-corrected chi connectivity index (χ2v) is 6.59. The van der Waals surface area contributed by atoms with E-state index >= 15 is 0 Å². The number of aromatic nitrogens is 1. The van der Waals surface area contributed by atoms with E-state index in [1.54, 1.807) is 0 Å². The van der Waals surface area contributed by atoms with E-state index in [4.69, 9.17) is 0 Å². The van der Waals surface area contributed by atoms with Gasteiger partial charge in [0.25, 0.3) is 11.6 Å². The van der Waals surface area contributed by atoms with Crippen LogP contribution in [0.25, 0.3) is 0 Å². The van der Waals surface area contributed by atoms with E-state index in [9.17, 15) is 14.9 Å². The lowest BCUT2D eigenvalue weighted by Gasteiger charge is -2.32. The lowest BCUT2D eigenvalue weighted by molar-refractivity contribution is -0.384. The Hall–Kier alpha value is -2.80. The summed E-state index contributed by atoms with van der Waals surface area (Å²) in [7, 11) is 0. The molecule has 0 aliphatic carbocycles. The fraction of sp³-hybridized carbons (Fsp3) is 0.368.